The van der Waals surface area contributed by atoms with Gasteiger partial charge >= 0.3 is 0 Å². The van der Waals surface area contributed by atoms with Gasteiger partial charge in [-0.2, -0.15) is 0 Å². The highest BCUT2D eigenvalue weighted by Crippen LogP contribution is 2.17. The van der Waals surface area contributed by atoms with Crippen LogP contribution in [0.2, 0.25) is 0 Å². The van der Waals surface area contributed by atoms with Gasteiger partial charge in [-0.05, 0) is 53.3 Å². The summed E-state index contributed by atoms with van der Waals surface area (Å²) in [5, 5.41) is 10.9. The van der Waals surface area contributed by atoms with E-state index >= 15 is 0 Å². The first kappa shape index (κ1) is 25.8. The monoisotopic (exact) mass is 462 g/mol. The van der Waals surface area contributed by atoms with E-state index in [0.29, 0.717) is 25.5 Å². The van der Waals surface area contributed by atoms with Crippen LogP contribution in [-0.4, -0.2) is 42.4 Å². The number of hydrogen-bond donors (Lipinski definition) is 2. The summed E-state index contributed by atoms with van der Waals surface area (Å²) in [5.41, 5.74) is 9.82. The van der Waals surface area contributed by atoms with Gasteiger partial charge < -0.3 is 20.3 Å². The van der Waals surface area contributed by atoms with E-state index in [1.165, 1.54) is 5.56 Å². The van der Waals surface area contributed by atoms with Gasteiger partial charge in [-0.25, -0.2) is 0 Å². The number of benzene rings is 3. The normalized spacial score (nSPS) is 13.1. The topological polar surface area (TPSA) is 68.0 Å². The van der Waals surface area contributed by atoms with Gasteiger partial charge in [0.15, 0.2) is 0 Å². The van der Waals surface area contributed by atoms with E-state index in [1.54, 1.807) is 7.11 Å². The molecular weight excluding hydrogens is 424 g/mol. The molecule has 5 nitrogen and oxygen atoms in total. The lowest BCUT2D eigenvalue weighted by molar-refractivity contribution is 0.0818. The minimum Gasteiger partial charge on any atom is -0.497 e. The molecule has 0 saturated carbocycles. The molecular formula is C29H38N2O3. The third kappa shape index (κ3) is 8.49. The van der Waals surface area contributed by atoms with E-state index in [4.69, 9.17) is 15.2 Å². The van der Waals surface area contributed by atoms with E-state index in [9.17, 15) is 5.11 Å². The number of nitrogens with two attached hydrogens (primary N) is 1. The van der Waals surface area contributed by atoms with Gasteiger partial charge in [0.05, 0.1) is 13.2 Å². The van der Waals surface area contributed by atoms with Crippen molar-refractivity contribution in [2.45, 2.75) is 45.6 Å². The van der Waals surface area contributed by atoms with Crippen LogP contribution in [0.4, 0.5) is 0 Å². The number of methoxy groups -OCH3 is 1. The fourth-order valence-corrected chi connectivity index (χ4v) is 3.98. The van der Waals surface area contributed by atoms with Crippen molar-refractivity contribution in [3.05, 3.63) is 95.6 Å². The maximum Gasteiger partial charge on any atom is 0.119 e. The van der Waals surface area contributed by atoms with Crippen LogP contribution in [0.3, 0.4) is 0 Å². The maximum absolute atomic E-state index is 10.9. The number of aliphatic hydroxyl groups excluding tert-OH is 1. The Morgan fingerprint density at radius 3 is 2.03 bits per heavy atom. The molecule has 0 radical (unpaired) electrons. The summed E-state index contributed by atoms with van der Waals surface area (Å²) in [6, 6.07) is 25.8. The second-order valence-corrected chi connectivity index (χ2v) is 9.29. The lowest BCUT2D eigenvalue weighted by Gasteiger charge is -2.29. The van der Waals surface area contributed by atoms with E-state index < -0.39 is 6.10 Å². The molecule has 0 saturated heterocycles. The van der Waals surface area contributed by atoms with Crippen LogP contribution >= 0.6 is 0 Å². The largest absolute Gasteiger partial charge is 0.497 e. The van der Waals surface area contributed by atoms with Crippen LogP contribution in [0.5, 0.6) is 11.5 Å². The Morgan fingerprint density at radius 1 is 0.794 bits per heavy atom. The highest BCUT2D eigenvalue weighted by molar-refractivity contribution is 5.29. The summed E-state index contributed by atoms with van der Waals surface area (Å²) in [4.78, 5) is 2.28. The van der Waals surface area contributed by atoms with Crippen LogP contribution in [0.15, 0.2) is 78.9 Å². The molecule has 0 aliphatic heterocycles. The molecule has 3 N–H and O–H groups in total. The highest BCUT2D eigenvalue weighted by atomic mass is 16.5. The summed E-state index contributed by atoms with van der Waals surface area (Å²) >= 11 is 0. The molecule has 5 heteroatoms. The SMILES string of the molecule is COc1ccc(CN(CC(C)C)C[C@@H](O)[C@@H](N)Cc2ccc(OCc3ccccc3)cc2)cc1. The Morgan fingerprint density at radius 2 is 1.41 bits per heavy atom. The Balaban J connectivity index is 1.52. The average molecular weight is 463 g/mol. The van der Waals surface area contributed by atoms with Crippen LogP contribution in [0.1, 0.15) is 30.5 Å². The third-order valence-electron chi connectivity index (χ3n) is 5.77. The number of nitrogens with zero attached hydrogens (tertiary/aromatic N) is 1. The van der Waals surface area contributed by atoms with Gasteiger partial charge in [-0.3, -0.25) is 4.90 Å². The smallest absolute Gasteiger partial charge is 0.119 e. The second-order valence-electron chi connectivity index (χ2n) is 9.29. The Labute approximate surface area is 204 Å². The number of hydrogen-bond acceptors (Lipinski definition) is 5. The molecule has 3 aromatic carbocycles. The molecule has 0 spiro atoms. The summed E-state index contributed by atoms with van der Waals surface area (Å²) < 4.78 is 11.1. The molecule has 0 aromatic heterocycles. The van der Waals surface area contributed by atoms with E-state index in [1.807, 2.05) is 66.7 Å². The fourth-order valence-electron chi connectivity index (χ4n) is 3.98. The minimum absolute atomic E-state index is 0.346. The zero-order valence-corrected chi connectivity index (χ0v) is 20.6. The van der Waals surface area contributed by atoms with Crippen molar-refractivity contribution < 1.29 is 14.6 Å². The zero-order chi connectivity index (χ0) is 24.3. The Bertz CT molecular complexity index is 959. The van der Waals surface area contributed by atoms with Crippen molar-refractivity contribution in [2.75, 3.05) is 20.2 Å². The van der Waals surface area contributed by atoms with E-state index in [-0.39, 0.29) is 6.04 Å². The lowest BCUT2D eigenvalue weighted by atomic mass is 10.0. The van der Waals surface area contributed by atoms with Crippen molar-refractivity contribution in [1.82, 2.24) is 4.90 Å². The molecule has 3 aromatic rings. The van der Waals surface area contributed by atoms with Gasteiger partial charge in [-0.15, -0.1) is 0 Å². The number of rotatable bonds is 13. The predicted octanol–water partition coefficient (Wildman–Crippen LogP) is 4.66. The molecule has 3 rings (SSSR count). The summed E-state index contributed by atoms with van der Waals surface area (Å²) in [6.07, 6.45) is -0.0101. The molecule has 0 heterocycles. The minimum atomic E-state index is -0.619. The predicted molar refractivity (Wildman–Crippen MR) is 138 cm³/mol. The van der Waals surface area contributed by atoms with Gasteiger partial charge in [0.25, 0.3) is 0 Å². The third-order valence-corrected chi connectivity index (χ3v) is 5.77. The molecule has 0 bridgehead atoms. The molecule has 0 aliphatic rings. The maximum atomic E-state index is 10.9. The first-order valence-corrected chi connectivity index (χ1v) is 12.0. The molecule has 0 aliphatic carbocycles. The number of aliphatic hydroxyl groups is 1. The van der Waals surface area contributed by atoms with Crippen LogP contribution < -0.4 is 15.2 Å². The molecule has 0 unspecified atom stereocenters. The van der Waals surface area contributed by atoms with Crippen LogP contribution in [0, 0.1) is 5.92 Å². The molecule has 2 atom stereocenters. The van der Waals surface area contributed by atoms with Gasteiger partial charge in [0.2, 0.25) is 0 Å². The van der Waals surface area contributed by atoms with E-state index in [0.717, 1.165) is 35.7 Å². The Kier molecular flexibility index (Phi) is 9.95. The standard InChI is InChI=1S/C29H38N2O3/c1-22(2)18-31(19-24-11-13-26(33-3)14-12-24)20-29(32)28(30)17-23-9-15-27(16-10-23)34-21-25-7-5-4-6-8-25/h4-16,22,28-29,32H,17-21,30H2,1-3H3/t28-,29+/m0/s1. The zero-order valence-electron chi connectivity index (χ0n) is 20.6. The summed E-state index contributed by atoms with van der Waals surface area (Å²) in [5.74, 6) is 2.16. The summed E-state index contributed by atoms with van der Waals surface area (Å²) in [7, 11) is 1.67. The number of ether oxygens (including phenoxy) is 2. The van der Waals surface area contributed by atoms with Crippen molar-refractivity contribution in [3.63, 3.8) is 0 Å². The molecule has 0 amide bonds. The van der Waals surface area contributed by atoms with Crippen molar-refractivity contribution in [2.24, 2.45) is 11.7 Å². The average Bonchev–Trinajstić information content (AvgIpc) is 2.84. The lowest BCUT2D eigenvalue weighted by Crippen LogP contribution is -2.45. The first-order valence-electron chi connectivity index (χ1n) is 12.0. The van der Waals surface area contributed by atoms with Crippen molar-refractivity contribution in [3.8, 4) is 11.5 Å². The fraction of sp³-hybridized carbons (Fsp3) is 0.379. The first-order chi connectivity index (χ1) is 16.4. The van der Waals surface area contributed by atoms with Crippen molar-refractivity contribution >= 4 is 0 Å². The molecule has 182 valence electrons. The molecule has 0 fully saturated rings. The van der Waals surface area contributed by atoms with Crippen LogP contribution in [0.25, 0.3) is 0 Å². The van der Waals surface area contributed by atoms with Gasteiger partial charge in [-0.1, -0.05) is 68.4 Å². The van der Waals surface area contributed by atoms with Gasteiger partial charge in [0, 0.05) is 25.7 Å². The molecule has 34 heavy (non-hydrogen) atoms. The quantitative estimate of drug-likeness (QED) is 0.387. The second kappa shape index (κ2) is 13.1. The highest BCUT2D eigenvalue weighted by Gasteiger charge is 2.20. The van der Waals surface area contributed by atoms with Crippen molar-refractivity contribution in [1.29, 1.82) is 0 Å². The van der Waals surface area contributed by atoms with Gasteiger partial charge in [0.1, 0.15) is 18.1 Å². The Hall–Kier alpha value is -2.86. The van der Waals surface area contributed by atoms with E-state index in [2.05, 4.69) is 30.9 Å². The van der Waals surface area contributed by atoms with Crippen LogP contribution in [-0.2, 0) is 19.6 Å². The summed E-state index contributed by atoms with van der Waals surface area (Å²) in [6.45, 7) is 7.11.